The molecule has 0 saturated heterocycles. The van der Waals surface area contributed by atoms with Crippen LogP contribution in [0.1, 0.15) is 54.4 Å². The third-order valence-electron chi connectivity index (χ3n) is 5.23. The van der Waals surface area contributed by atoms with Gasteiger partial charge in [0.2, 0.25) is 0 Å². The van der Waals surface area contributed by atoms with E-state index in [2.05, 4.69) is 41.5 Å². The number of rotatable bonds is 1. The summed E-state index contributed by atoms with van der Waals surface area (Å²) in [6.07, 6.45) is 3.69. The van der Waals surface area contributed by atoms with Gasteiger partial charge >= 0.3 is 0 Å². The minimum atomic E-state index is 0.332. The number of hydrogen-bond donors (Lipinski definition) is 0. The van der Waals surface area contributed by atoms with Crippen LogP contribution in [0, 0.1) is 40.4 Å². The van der Waals surface area contributed by atoms with Crippen LogP contribution in [-0.2, 0) is 4.79 Å². The highest BCUT2D eigenvalue weighted by Gasteiger charge is 2.58. The maximum absolute atomic E-state index is 11.2. The van der Waals surface area contributed by atoms with Crippen LogP contribution in [0.2, 0.25) is 0 Å². The molecule has 0 N–H and O–H groups in total. The minimum absolute atomic E-state index is 0.332. The Balaban J connectivity index is 2.33. The summed E-state index contributed by atoms with van der Waals surface area (Å²) < 4.78 is 0. The summed E-state index contributed by atoms with van der Waals surface area (Å²) in [6.45, 7) is 14.2. The molecule has 5 atom stereocenters. The molecule has 2 aliphatic rings. The van der Waals surface area contributed by atoms with Gasteiger partial charge in [-0.3, -0.25) is 0 Å². The fourth-order valence-electron chi connectivity index (χ4n) is 4.99. The first-order valence-electron chi connectivity index (χ1n) is 7.11. The fourth-order valence-corrected chi connectivity index (χ4v) is 4.99. The Kier molecular flexibility index (Phi) is 2.95. The third-order valence-corrected chi connectivity index (χ3v) is 5.23. The average Bonchev–Trinajstić information content (AvgIpc) is 2.70. The van der Waals surface area contributed by atoms with Crippen LogP contribution in [0.25, 0.3) is 0 Å². The summed E-state index contributed by atoms with van der Waals surface area (Å²) in [4.78, 5) is 11.2. The van der Waals surface area contributed by atoms with Gasteiger partial charge in [-0.15, -0.1) is 0 Å². The van der Waals surface area contributed by atoms with Gasteiger partial charge in [-0.05, 0) is 47.3 Å². The lowest BCUT2D eigenvalue weighted by molar-refractivity contribution is -0.115. The van der Waals surface area contributed by atoms with Crippen molar-refractivity contribution >= 4 is 6.29 Å². The van der Waals surface area contributed by atoms with Gasteiger partial charge in [0.05, 0.1) is 0 Å². The molecule has 17 heavy (non-hydrogen) atoms. The highest BCUT2D eigenvalue weighted by Crippen LogP contribution is 2.64. The zero-order valence-electron chi connectivity index (χ0n) is 12.3. The van der Waals surface area contributed by atoms with E-state index in [0.29, 0.717) is 22.7 Å². The maximum atomic E-state index is 11.2. The number of carbonyl (C=O) groups excluding carboxylic acids is 1. The lowest BCUT2D eigenvalue weighted by atomic mass is 9.57. The highest BCUT2D eigenvalue weighted by molar-refractivity contribution is 5.55. The molecule has 0 aromatic heterocycles. The SMILES string of the molecule is CC(C)(C)C1C2CC(C=O)C(C2)C1C(C)(C)C. The first-order valence-corrected chi connectivity index (χ1v) is 7.11. The molecule has 1 nitrogen and oxygen atoms in total. The Hall–Kier alpha value is -0.330. The van der Waals surface area contributed by atoms with E-state index < -0.39 is 0 Å². The van der Waals surface area contributed by atoms with Gasteiger partial charge in [0.1, 0.15) is 6.29 Å². The van der Waals surface area contributed by atoms with Gasteiger partial charge in [-0.25, -0.2) is 0 Å². The maximum Gasteiger partial charge on any atom is 0.123 e. The molecule has 0 amide bonds. The smallest absolute Gasteiger partial charge is 0.123 e. The van der Waals surface area contributed by atoms with Crippen molar-refractivity contribution in [2.24, 2.45) is 40.4 Å². The Morgan fingerprint density at radius 2 is 1.41 bits per heavy atom. The summed E-state index contributed by atoms with van der Waals surface area (Å²) in [5.41, 5.74) is 0.713. The average molecular weight is 236 g/mol. The van der Waals surface area contributed by atoms with Crippen molar-refractivity contribution in [3.63, 3.8) is 0 Å². The molecular formula is C16H28O. The lowest BCUT2D eigenvalue weighted by Gasteiger charge is -2.47. The molecule has 1 heteroatoms. The molecule has 0 aromatic carbocycles. The fraction of sp³-hybridized carbons (Fsp3) is 0.938. The molecule has 0 spiro atoms. The Bertz CT molecular complexity index is 304. The number of carbonyl (C=O) groups is 1. The summed E-state index contributed by atoms with van der Waals surface area (Å²) in [6, 6.07) is 0. The van der Waals surface area contributed by atoms with Crippen molar-refractivity contribution in [2.45, 2.75) is 54.4 Å². The van der Waals surface area contributed by atoms with E-state index in [0.717, 1.165) is 24.2 Å². The van der Waals surface area contributed by atoms with Crippen LogP contribution < -0.4 is 0 Å². The molecule has 0 heterocycles. The molecule has 2 rings (SSSR count). The van der Waals surface area contributed by atoms with Crippen molar-refractivity contribution in [3.05, 3.63) is 0 Å². The molecule has 2 fully saturated rings. The molecule has 5 unspecified atom stereocenters. The molecule has 98 valence electrons. The molecule has 0 aromatic rings. The predicted octanol–water partition coefficient (Wildman–Crippen LogP) is 4.17. The molecule has 0 aliphatic heterocycles. The summed E-state index contributed by atoms with van der Waals surface area (Å²) in [5, 5.41) is 0. The normalized spacial score (nSPS) is 41.9. The molecular weight excluding hydrogens is 208 g/mol. The Morgan fingerprint density at radius 1 is 0.882 bits per heavy atom. The second kappa shape index (κ2) is 3.83. The van der Waals surface area contributed by atoms with Crippen LogP contribution in [0.3, 0.4) is 0 Å². The second-order valence-corrected chi connectivity index (χ2v) is 8.48. The van der Waals surface area contributed by atoms with Gasteiger partial charge in [0.15, 0.2) is 0 Å². The van der Waals surface area contributed by atoms with E-state index in [1.807, 2.05) is 0 Å². The number of fused-ring (bicyclic) bond motifs is 2. The van der Waals surface area contributed by atoms with Gasteiger partial charge < -0.3 is 4.79 Å². The van der Waals surface area contributed by atoms with E-state index in [1.54, 1.807) is 0 Å². The zero-order valence-corrected chi connectivity index (χ0v) is 12.3. The van der Waals surface area contributed by atoms with E-state index in [-0.39, 0.29) is 0 Å². The van der Waals surface area contributed by atoms with Crippen LogP contribution in [0.5, 0.6) is 0 Å². The quantitative estimate of drug-likeness (QED) is 0.625. The van der Waals surface area contributed by atoms with Gasteiger partial charge in [0, 0.05) is 5.92 Å². The number of aldehydes is 1. The first kappa shape index (κ1) is 13.1. The van der Waals surface area contributed by atoms with Gasteiger partial charge in [0.25, 0.3) is 0 Å². The molecule has 0 radical (unpaired) electrons. The lowest BCUT2D eigenvalue weighted by Crippen LogP contribution is -2.42. The second-order valence-electron chi connectivity index (χ2n) is 8.48. The Labute approximate surface area is 106 Å². The van der Waals surface area contributed by atoms with Crippen LogP contribution in [0.15, 0.2) is 0 Å². The Morgan fingerprint density at radius 3 is 1.82 bits per heavy atom. The zero-order chi connectivity index (χ0) is 13.0. The van der Waals surface area contributed by atoms with E-state index in [9.17, 15) is 4.79 Å². The van der Waals surface area contributed by atoms with Gasteiger partial charge in [-0.2, -0.15) is 0 Å². The van der Waals surface area contributed by atoms with E-state index >= 15 is 0 Å². The minimum Gasteiger partial charge on any atom is -0.303 e. The van der Waals surface area contributed by atoms with Crippen molar-refractivity contribution in [2.75, 3.05) is 0 Å². The summed E-state index contributed by atoms with van der Waals surface area (Å²) >= 11 is 0. The van der Waals surface area contributed by atoms with E-state index in [1.165, 1.54) is 12.7 Å². The number of hydrogen-bond acceptors (Lipinski definition) is 1. The summed E-state index contributed by atoms with van der Waals surface area (Å²) in [5.74, 6) is 3.31. The van der Waals surface area contributed by atoms with E-state index in [4.69, 9.17) is 0 Å². The summed E-state index contributed by atoms with van der Waals surface area (Å²) in [7, 11) is 0. The molecule has 2 bridgehead atoms. The standard InChI is InChI=1S/C16H28O/c1-15(2,3)13-10-7-11(9-17)12(8-10)14(13)16(4,5)6/h9-14H,7-8H2,1-6H3. The van der Waals surface area contributed by atoms with Crippen molar-refractivity contribution < 1.29 is 4.79 Å². The monoisotopic (exact) mass is 236 g/mol. The third kappa shape index (κ3) is 2.06. The van der Waals surface area contributed by atoms with Crippen LogP contribution >= 0.6 is 0 Å². The topological polar surface area (TPSA) is 17.1 Å². The largest absolute Gasteiger partial charge is 0.303 e. The van der Waals surface area contributed by atoms with Crippen LogP contribution in [0.4, 0.5) is 0 Å². The first-order chi connectivity index (χ1) is 7.66. The predicted molar refractivity (Wildman–Crippen MR) is 71.7 cm³/mol. The molecule has 2 saturated carbocycles. The van der Waals surface area contributed by atoms with Gasteiger partial charge in [-0.1, -0.05) is 41.5 Å². The van der Waals surface area contributed by atoms with Crippen molar-refractivity contribution in [1.82, 2.24) is 0 Å². The van der Waals surface area contributed by atoms with Crippen molar-refractivity contribution in [1.29, 1.82) is 0 Å². The van der Waals surface area contributed by atoms with Crippen molar-refractivity contribution in [3.8, 4) is 0 Å². The van der Waals surface area contributed by atoms with Crippen LogP contribution in [-0.4, -0.2) is 6.29 Å². The highest BCUT2D eigenvalue weighted by atomic mass is 16.1. The molecule has 2 aliphatic carbocycles.